The Morgan fingerprint density at radius 1 is 1.28 bits per heavy atom. The van der Waals surface area contributed by atoms with E-state index in [1.807, 2.05) is 0 Å². The molecular formula is C18H30ClN3O2Si. The van der Waals surface area contributed by atoms with Crippen molar-refractivity contribution in [2.45, 2.75) is 76.7 Å². The fraction of sp³-hybridized carbons (Fsp3) is 0.778. The summed E-state index contributed by atoms with van der Waals surface area (Å²) in [6.45, 7) is 13.1. The molecule has 0 spiro atoms. The Morgan fingerprint density at radius 2 is 2.04 bits per heavy atom. The van der Waals surface area contributed by atoms with Gasteiger partial charge in [0.15, 0.2) is 25.0 Å². The van der Waals surface area contributed by atoms with Crippen LogP contribution in [0.1, 0.15) is 46.5 Å². The molecule has 25 heavy (non-hydrogen) atoms. The van der Waals surface area contributed by atoms with Gasteiger partial charge in [0.25, 0.3) is 0 Å². The molecule has 0 amide bonds. The van der Waals surface area contributed by atoms with Gasteiger partial charge in [-0.3, -0.25) is 0 Å². The van der Waals surface area contributed by atoms with Crippen LogP contribution in [0.15, 0.2) is 6.07 Å². The highest BCUT2D eigenvalue weighted by molar-refractivity contribution is 6.74. The maximum Gasteiger partial charge on any atom is 0.194 e. The molecule has 3 rings (SSSR count). The van der Waals surface area contributed by atoms with Crippen molar-refractivity contribution in [1.82, 2.24) is 10.2 Å². The maximum atomic E-state index is 6.70. The maximum absolute atomic E-state index is 6.70. The zero-order valence-electron chi connectivity index (χ0n) is 16.0. The number of hydrogen-bond donors (Lipinski definition) is 0. The molecule has 0 aromatic carbocycles. The highest BCUT2D eigenvalue weighted by Crippen LogP contribution is 2.40. The molecule has 2 aliphatic rings. The van der Waals surface area contributed by atoms with Crippen molar-refractivity contribution in [2.75, 3.05) is 18.1 Å². The fourth-order valence-electron chi connectivity index (χ4n) is 3.47. The Kier molecular flexibility index (Phi) is 5.33. The highest BCUT2D eigenvalue weighted by Gasteiger charge is 2.41. The Bertz CT molecular complexity index is 621. The molecule has 0 unspecified atom stereocenters. The molecule has 0 bridgehead atoms. The average Bonchev–Trinajstić information content (AvgIpc) is 2.52. The number of nitrogens with zero attached hydrogens (tertiary/aromatic N) is 3. The molecule has 1 saturated carbocycles. The van der Waals surface area contributed by atoms with Gasteiger partial charge >= 0.3 is 0 Å². The van der Waals surface area contributed by atoms with Crippen LogP contribution in [0.4, 0.5) is 5.82 Å². The summed E-state index contributed by atoms with van der Waals surface area (Å²) in [5, 5.41) is 8.94. The van der Waals surface area contributed by atoms with Crippen LogP contribution in [-0.2, 0) is 4.43 Å². The van der Waals surface area contributed by atoms with E-state index in [0.29, 0.717) is 23.9 Å². The van der Waals surface area contributed by atoms with Crippen molar-refractivity contribution in [3.8, 4) is 5.75 Å². The fourth-order valence-corrected chi connectivity index (χ4v) is 5.01. The summed E-state index contributed by atoms with van der Waals surface area (Å²) in [7, 11) is -1.74. The second-order valence-electron chi connectivity index (χ2n) is 8.72. The first-order valence-corrected chi connectivity index (χ1v) is 12.6. The molecule has 1 aliphatic carbocycles. The van der Waals surface area contributed by atoms with Gasteiger partial charge in [-0.25, -0.2) is 0 Å². The summed E-state index contributed by atoms with van der Waals surface area (Å²) >= 11 is 5.96. The van der Waals surface area contributed by atoms with E-state index < -0.39 is 8.32 Å². The van der Waals surface area contributed by atoms with E-state index in [9.17, 15) is 0 Å². The Hall–Kier alpha value is -0.853. The summed E-state index contributed by atoms with van der Waals surface area (Å²) in [5.74, 6) is 1.58. The molecule has 140 valence electrons. The Morgan fingerprint density at radius 3 is 2.76 bits per heavy atom. The number of hydrogen-bond acceptors (Lipinski definition) is 5. The zero-order chi connectivity index (χ0) is 18.2. The first-order valence-electron chi connectivity index (χ1n) is 9.28. The molecule has 0 saturated heterocycles. The number of aromatic nitrogens is 2. The van der Waals surface area contributed by atoms with Gasteiger partial charge < -0.3 is 14.1 Å². The van der Waals surface area contributed by atoms with Gasteiger partial charge in [0, 0.05) is 18.2 Å². The lowest BCUT2D eigenvalue weighted by molar-refractivity contribution is 0.123. The van der Waals surface area contributed by atoms with Crippen molar-refractivity contribution in [3.05, 3.63) is 11.2 Å². The van der Waals surface area contributed by atoms with Crippen molar-refractivity contribution >= 4 is 25.7 Å². The molecule has 0 N–H and O–H groups in total. The SMILES string of the molecule is CC(C)(C)[Si](C)(C)O[C@@H]1CCC[C@H](N2CCOc3cc(Cl)nnc32)C1. The quantitative estimate of drug-likeness (QED) is 0.710. The molecule has 5 nitrogen and oxygen atoms in total. The molecule has 7 heteroatoms. The van der Waals surface area contributed by atoms with Crippen LogP contribution in [-0.4, -0.2) is 43.8 Å². The van der Waals surface area contributed by atoms with Gasteiger partial charge in [-0.2, -0.15) is 0 Å². The molecule has 1 aliphatic heterocycles. The van der Waals surface area contributed by atoms with Crippen LogP contribution < -0.4 is 9.64 Å². The van der Waals surface area contributed by atoms with Gasteiger partial charge in [0.05, 0.1) is 6.54 Å². The summed E-state index contributed by atoms with van der Waals surface area (Å²) < 4.78 is 12.4. The molecule has 1 aromatic rings. The normalized spacial score (nSPS) is 24.6. The van der Waals surface area contributed by atoms with E-state index in [-0.39, 0.29) is 5.04 Å². The lowest BCUT2D eigenvalue weighted by Gasteiger charge is -2.44. The minimum atomic E-state index is -1.74. The van der Waals surface area contributed by atoms with Gasteiger partial charge in [0.1, 0.15) is 6.61 Å². The summed E-state index contributed by atoms with van der Waals surface area (Å²) in [5.41, 5.74) is 0. The predicted molar refractivity (Wildman–Crippen MR) is 104 cm³/mol. The largest absolute Gasteiger partial charge is 0.488 e. The third-order valence-corrected chi connectivity index (χ3v) is 10.6. The average molecular weight is 384 g/mol. The van der Waals surface area contributed by atoms with Gasteiger partial charge in [-0.05, 0) is 43.8 Å². The van der Waals surface area contributed by atoms with Crippen molar-refractivity contribution < 1.29 is 9.16 Å². The number of halogens is 1. The van der Waals surface area contributed by atoms with E-state index in [1.54, 1.807) is 6.07 Å². The van der Waals surface area contributed by atoms with Gasteiger partial charge in [0.2, 0.25) is 0 Å². The first-order chi connectivity index (χ1) is 11.7. The molecular weight excluding hydrogens is 354 g/mol. The third kappa shape index (κ3) is 4.12. The van der Waals surface area contributed by atoms with Crippen LogP contribution in [0, 0.1) is 0 Å². The Labute approximate surface area is 157 Å². The van der Waals surface area contributed by atoms with Gasteiger partial charge in [-0.1, -0.05) is 32.4 Å². The number of fused-ring (bicyclic) bond motifs is 1. The molecule has 0 radical (unpaired) electrons. The summed E-state index contributed by atoms with van der Waals surface area (Å²) in [6, 6.07) is 2.20. The lowest BCUT2D eigenvalue weighted by atomic mass is 9.91. The monoisotopic (exact) mass is 383 g/mol. The van der Waals surface area contributed by atoms with E-state index in [0.717, 1.165) is 31.0 Å². The number of rotatable bonds is 3. The molecule has 1 fully saturated rings. The molecule has 2 atom stereocenters. The van der Waals surface area contributed by atoms with Crippen LogP contribution in [0.3, 0.4) is 0 Å². The summed E-state index contributed by atoms with van der Waals surface area (Å²) in [6.07, 6.45) is 4.91. The summed E-state index contributed by atoms with van der Waals surface area (Å²) in [4.78, 5) is 2.35. The molecule has 2 heterocycles. The zero-order valence-corrected chi connectivity index (χ0v) is 17.8. The number of ether oxygens (including phenoxy) is 1. The van der Waals surface area contributed by atoms with Crippen LogP contribution in [0.5, 0.6) is 5.75 Å². The van der Waals surface area contributed by atoms with E-state index >= 15 is 0 Å². The number of anilines is 1. The molecule has 1 aromatic heterocycles. The smallest absolute Gasteiger partial charge is 0.194 e. The van der Waals surface area contributed by atoms with Gasteiger partial charge in [-0.15, -0.1) is 10.2 Å². The highest BCUT2D eigenvalue weighted by atomic mass is 35.5. The Balaban J connectivity index is 1.73. The van der Waals surface area contributed by atoms with Crippen LogP contribution in [0.25, 0.3) is 0 Å². The van der Waals surface area contributed by atoms with E-state index in [2.05, 4.69) is 49.0 Å². The van der Waals surface area contributed by atoms with E-state index in [1.165, 1.54) is 12.8 Å². The first kappa shape index (κ1) is 18.9. The standard InChI is InChI=1S/C18H30ClN3O2Si/c1-18(2,3)25(4,5)24-14-8-6-7-13(11-14)22-9-10-23-15-12-16(19)20-21-17(15)22/h12-14H,6-11H2,1-5H3/t13-,14+/m0/s1. The van der Waals surface area contributed by atoms with Crippen LogP contribution >= 0.6 is 11.6 Å². The second-order valence-corrected chi connectivity index (χ2v) is 13.9. The van der Waals surface area contributed by atoms with Crippen molar-refractivity contribution in [2.24, 2.45) is 0 Å². The van der Waals surface area contributed by atoms with E-state index in [4.69, 9.17) is 20.8 Å². The lowest BCUT2D eigenvalue weighted by Crippen LogP contribution is -2.49. The van der Waals surface area contributed by atoms with Crippen LogP contribution in [0.2, 0.25) is 23.3 Å². The topological polar surface area (TPSA) is 47.5 Å². The van der Waals surface area contributed by atoms with Crippen molar-refractivity contribution in [1.29, 1.82) is 0 Å². The third-order valence-electron chi connectivity index (χ3n) is 5.88. The minimum Gasteiger partial charge on any atom is -0.488 e. The minimum absolute atomic E-state index is 0.244. The predicted octanol–water partition coefficient (Wildman–Crippen LogP) is 4.66. The second kappa shape index (κ2) is 7.04. The van der Waals surface area contributed by atoms with Crippen molar-refractivity contribution in [3.63, 3.8) is 0 Å².